The van der Waals surface area contributed by atoms with Gasteiger partial charge in [-0.15, -0.1) is 0 Å². The molecule has 0 aromatic rings. The summed E-state index contributed by atoms with van der Waals surface area (Å²) >= 11 is 6.19. The van der Waals surface area contributed by atoms with E-state index in [-0.39, 0.29) is 0 Å². The van der Waals surface area contributed by atoms with Crippen LogP contribution < -0.4 is 10.6 Å². The van der Waals surface area contributed by atoms with E-state index in [2.05, 4.69) is 71.9 Å². The van der Waals surface area contributed by atoms with Gasteiger partial charge in [-0.1, -0.05) is 25.3 Å². The summed E-state index contributed by atoms with van der Waals surface area (Å²) in [5.74, 6) is 0. The van der Waals surface area contributed by atoms with Crippen molar-refractivity contribution in [2.75, 3.05) is 26.4 Å². The van der Waals surface area contributed by atoms with Crippen molar-refractivity contribution in [3.05, 3.63) is 24.8 Å². The number of nitrogens with zero attached hydrogens (tertiary/aromatic N) is 4. The van der Waals surface area contributed by atoms with Gasteiger partial charge in [0.05, 0.1) is 13.3 Å². The van der Waals surface area contributed by atoms with E-state index in [1.54, 1.807) is 0 Å². The number of nitrogens with one attached hydrogen (secondary N) is 2. The summed E-state index contributed by atoms with van der Waals surface area (Å²) in [7, 11) is 0. The highest BCUT2D eigenvalue weighted by Gasteiger charge is 1.96. The predicted octanol–water partition coefficient (Wildman–Crippen LogP) is 1.47. The summed E-state index contributed by atoms with van der Waals surface area (Å²) in [5.41, 5.74) is 0. The van der Waals surface area contributed by atoms with Crippen molar-refractivity contribution in [3.63, 3.8) is 0 Å². The number of nitriles is 2. The molecule has 0 spiro atoms. The molecule has 112 valence electrons. The molecule has 2 N–H and O–H groups in total. The molecule has 0 aromatic carbocycles. The molecule has 0 fully saturated rings. The SMILES string of the molecule is CCN1C=CNC1.CCN1C=CNC1.N#CS.N#CS. The maximum absolute atomic E-state index is 7.18. The van der Waals surface area contributed by atoms with E-state index < -0.39 is 0 Å². The van der Waals surface area contributed by atoms with E-state index in [9.17, 15) is 0 Å². The third-order valence-electron chi connectivity index (χ3n) is 2.21. The van der Waals surface area contributed by atoms with Gasteiger partial charge in [0.1, 0.15) is 10.8 Å². The molecule has 2 rings (SSSR count). The van der Waals surface area contributed by atoms with E-state index in [0.717, 1.165) is 26.4 Å². The van der Waals surface area contributed by atoms with Crippen LogP contribution in [0.15, 0.2) is 24.8 Å². The quantitative estimate of drug-likeness (QED) is 0.457. The van der Waals surface area contributed by atoms with E-state index in [1.165, 1.54) is 10.8 Å². The van der Waals surface area contributed by atoms with Crippen LogP contribution in [0.4, 0.5) is 0 Å². The first-order valence-electron chi connectivity index (χ1n) is 6.04. The van der Waals surface area contributed by atoms with E-state index in [0.29, 0.717) is 0 Å². The Kier molecular flexibility index (Phi) is 17.9. The van der Waals surface area contributed by atoms with Gasteiger partial charge < -0.3 is 20.4 Å². The van der Waals surface area contributed by atoms with Crippen molar-refractivity contribution in [1.29, 1.82) is 10.5 Å². The van der Waals surface area contributed by atoms with Crippen molar-refractivity contribution in [2.45, 2.75) is 13.8 Å². The standard InChI is InChI=1S/2C5H10N2.2CHNS/c2*1-2-7-4-3-6-5-7;2*2-1-3/h2*3-4,6H,2,5H2,1H3;2*3H. The van der Waals surface area contributed by atoms with Crippen LogP contribution in [0.1, 0.15) is 13.8 Å². The fourth-order valence-electron chi connectivity index (χ4n) is 1.20. The zero-order valence-corrected chi connectivity index (χ0v) is 13.6. The van der Waals surface area contributed by atoms with Gasteiger partial charge in [-0.2, -0.15) is 10.5 Å². The predicted molar refractivity (Wildman–Crippen MR) is 88.2 cm³/mol. The summed E-state index contributed by atoms with van der Waals surface area (Å²) < 4.78 is 0. The van der Waals surface area contributed by atoms with Gasteiger partial charge in [-0.3, -0.25) is 0 Å². The molecule has 0 saturated carbocycles. The average molecular weight is 314 g/mol. The third kappa shape index (κ3) is 14.4. The maximum atomic E-state index is 7.18. The molecule has 2 aliphatic rings. The molecule has 0 aliphatic carbocycles. The van der Waals surface area contributed by atoms with Gasteiger partial charge in [0.15, 0.2) is 0 Å². The number of thiocyanates is 2. The number of rotatable bonds is 2. The lowest BCUT2D eigenvalue weighted by atomic mass is 10.6. The highest BCUT2D eigenvalue weighted by Crippen LogP contribution is 1.91. The lowest BCUT2D eigenvalue weighted by molar-refractivity contribution is 0.413. The van der Waals surface area contributed by atoms with Gasteiger partial charge in [-0.05, 0) is 13.8 Å². The zero-order chi connectivity index (χ0) is 15.6. The van der Waals surface area contributed by atoms with Crippen molar-refractivity contribution < 1.29 is 0 Å². The minimum Gasteiger partial charge on any atom is -0.373 e. The maximum Gasteiger partial charge on any atom is 0.130 e. The number of thiol groups is 2. The Morgan fingerprint density at radius 1 is 0.950 bits per heavy atom. The molecular formula is C12H22N6S2. The molecule has 2 heterocycles. The lowest BCUT2D eigenvalue weighted by Gasteiger charge is -2.08. The average Bonchev–Trinajstić information content (AvgIpc) is 3.14. The van der Waals surface area contributed by atoms with Gasteiger partial charge in [-0.25, -0.2) is 0 Å². The van der Waals surface area contributed by atoms with Crippen molar-refractivity contribution in [1.82, 2.24) is 20.4 Å². The minimum atomic E-state index is 0.983. The number of hydrogen-bond acceptors (Lipinski definition) is 8. The van der Waals surface area contributed by atoms with E-state index in [4.69, 9.17) is 10.5 Å². The molecule has 20 heavy (non-hydrogen) atoms. The second-order valence-corrected chi connectivity index (χ2v) is 3.77. The van der Waals surface area contributed by atoms with Gasteiger partial charge in [0.2, 0.25) is 0 Å². The molecule has 0 bridgehead atoms. The summed E-state index contributed by atoms with van der Waals surface area (Å²) in [5, 5.41) is 23.4. The van der Waals surface area contributed by atoms with Crippen LogP contribution in [0.25, 0.3) is 0 Å². The van der Waals surface area contributed by atoms with Crippen LogP contribution in [0.3, 0.4) is 0 Å². The Labute approximate surface area is 132 Å². The molecule has 0 radical (unpaired) electrons. The molecular weight excluding hydrogens is 292 g/mol. The van der Waals surface area contributed by atoms with Crippen LogP contribution in [-0.4, -0.2) is 36.2 Å². The summed E-state index contributed by atoms with van der Waals surface area (Å²) in [6.45, 7) is 8.44. The highest BCUT2D eigenvalue weighted by atomic mass is 32.1. The summed E-state index contributed by atoms with van der Waals surface area (Å²) in [6.07, 6.45) is 8.03. The zero-order valence-electron chi connectivity index (χ0n) is 11.8. The topological polar surface area (TPSA) is 78.1 Å². The monoisotopic (exact) mass is 314 g/mol. The third-order valence-corrected chi connectivity index (χ3v) is 2.21. The van der Waals surface area contributed by atoms with E-state index >= 15 is 0 Å². The van der Waals surface area contributed by atoms with Crippen LogP contribution in [0, 0.1) is 21.3 Å². The Bertz CT molecular complexity index is 311. The first-order valence-corrected chi connectivity index (χ1v) is 6.94. The Morgan fingerprint density at radius 2 is 1.25 bits per heavy atom. The van der Waals surface area contributed by atoms with Gasteiger partial charge in [0, 0.05) is 37.9 Å². The largest absolute Gasteiger partial charge is 0.373 e. The Morgan fingerprint density at radius 3 is 1.35 bits per heavy atom. The fourth-order valence-corrected chi connectivity index (χ4v) is 1.20. The van der Waals surface area contributed by atoms with Crippen molar-refractivity contribution in [2.24, 2.45) is 0 Å². The van der Waals surface area contributed by atoms with Gasteiger partial charge in [0.25, 0.3) is 0 Å². The first kappa shape index (κ1) is 20.7. The lowest BCUT2D eigenvalue weighted by Crippen LogP contribution is -2.19. The fraction of sp³-hybridized carbons (Fsp3) is 0.500. The number of hydrogen-bond donors (Lipinski definition) is 4. The van der Waals surface area contributed by atoms with Crippen LogP contribution in [-0.2, 0) is 0 Å². The molecule has 6 nitrogen and oxygen atoms in total. The second-order valence-electron chi connectivity index (χ2n) is 3.37. The molecule has 8 heteroatoms. The van der Waals surface area contributed by atoms with Crippen molar-refractivity contribution >= 4 is 25.3 Å². The minimum absolute atomic E-state index is 0.983. The summed E-state index contributed by atoms with van der Waals surface area (Å²) in [6, 6.07) is 0. The Balaban J connectivity index is 0. The molecule has 0 atom stereocenters. The van der Waals surface area contributed by atoms with E-state index in [1.807, 2.05) is 12.4 Å². The first-order chi connectivity index (χ1) is 9.69. The van der Waals surface area contributed by atoms with Crippen molar-refractivity contribution in [3.8, 4) is 10.8 Å². The molecule has 0 aromatic heterocycles. The molecule has 0 saturated heterocycles. The van der Waals surface area contributed by atoms with Crippen LogP contribution >= 0.6 is 25.3 Å². The van der Waals surface area contributed by atoms with Crippen LogP contribution in [0.5, 0.6) is 0 Å². The second kappa shape index (κ2) is 17.4. The molecule has 0 unspecified atom stereocenters. The Hall–Kier alpha value is -1.64. The normalized spacial score (nSPS) is 13.1. The highest BCUT2D eigenvalue weighted by molar-refractivity contribution is 7.85. The van der Waals surface area contributed by atoms with Crippen LogP contribution in [0.2, 0.25) is 0 Å². The molecule has 0 amide bonds. The van der Waals surface area contributed by atoms with Gasteiger partial charge >= 0.3 is 0 Å². The molecule has 2 aliphatic heterocycles. The smallest absolute Gasteiger partial charge is 0.130 e. The summed E-state index contributed by atoms with van der Waals surface area (Å²) in [4.78, 5) is 4.39.